The number of hydrogen-bond donors (Lipinski definition) is 1. The summed E-state index contributed by atoms with van der Waals surface area (Å²) in [6, 6.07) is 12.0. The van der Waals surface area contributed by atoms with Crippen LogP contribution in [0.5, 0.6) is 0 Å². The zero-order valence-corrected chi connectivity index (χ0v) is 17.1. The van der Waals surface area contributed by atoms with Crippen molar-refractivity contribution >= 4 is 45.9 Å². The molecule has 0 aliphatic carbocycles. The van der Waals surface area contributed by atoms with E-state index < -0.39 is 0 Å². The number of aliphatic imine (C=N–C) groups is 1. The summed E-state index contributed by atoms with van der Waals surface area (Å²) < 4.78 is 14.4. The van der Waals surface area contributed by atoms with Crippen LogP contribution in [0.4, 0.5) is 10.1 Å². The summed E-state index contributed by atoms with van der Waals surface area (Å²) in [7, 11) is 0. The lowest BCUT2D eigenvalue weighted by Crippen LogP contribution is -2.47. The van der Waals surface area contributed by atoms with Gasteiger partial charge in [-0.15, -0.1) is 17.0 Å². The van der Waals surface area contributed by atoms with Crippen LogP contribution in [0.3, 0.4) is 0 Å². The highest BCUT2D eigenvalue weighted by atomic mass is 79.9. The van der Waals surface area contributed by atoms with Crippen molar-refractivity contribution < 1.29 is 9.18 Å². The fraction of sp³-hybridized carbons (Fsp3) is 0.300. The number of carbonyl (C=O) groups excluding carboxylic acids is 1. The Morgan fingerprint density at radius 3 is 2.59 bits per heavy atom. The highest BCUT2D eigenvalue weighted by molar-refractivity contribution is 8.93. The van der Waals surface area contributed by atoms with Crippen LogP contribution < -0.4 is 10.2 Å². The van der Waals surface area contributed by atoms with Crippen LogP contribution >= 0.6 is 28.6 Å². The van der Waals surface area contributed by atoms with Gasteiger partial charge < -0.3 is 10.2 Å². The zero-order chi connectivity index (χ0) is 18.1. The third kappa shape index (κ3) is 3.93. The highest BCUT2D eigenvalue weighted by Crippen LogP contribution is 2.33. The zero-order valence-electron chi connectivity index (χ0n) is 14.6. The molecule has 2 aliphatic heterocycles. The number of rotatable bonds is 2. The van der Waals surface area contributed by atoms with Crippen LogP contribution in [-0.2, 0) is 4.79 Å². The molecule has 4 rings (SSSR count). The summed E-state index contributed by atoms with van der Waals surface area (Å²) in [5.41, 5.74) is 2.32. The summed E-state index contributed by atoms with van der Waals surface area (Å²) in [4.78, 5) is 19.2. The minimum atomic E-state index is -0.361. The first-order valence-electron chi connectivity index (χ1n) is 8.77. The Hall–Kier alpha value is -1.76. The van der Waals surface area contributed by atoms with E-state index in [4.69, 9.17) is 11.6 Å². The van der Waals surface area contributed by atoms with E-state index in [0.29, 0.717) is 21.9 Å². The molecule has 27 heavy (non-hydrogen) atoms. The third-order valence-electron chi connectivity index (χ3n) is 4.92. The number of amides is 1. The first kappa shape index (κ1) is 20.0. The average molecular weight is 453 g/mol. The van der Waals surface area contributed by atoms with Gasteiger partial charge >= 0.3 is 0 Å². The Balaban J connectivity index is 0.00000210. The van der Waals surface area contributed by atoms with E-state index in [1.54, 1.807) is 30.3 Å². The molecular weight excluding hydrogens is 433 g/mol. The summed E-state index contributed by atoms with van der Waals surface area (Å²) in [5, 5.41) is 3.86. The molecule has 0 atom stereocenters. The molecule has 0 saturated carbocycles. The van der Waals surface area contributed by atoms with E-state index in [9.17, 15) is 9.18 Å². The van der Waals surface area contributed by atoms with Crippen molar-refractivity contribution in [3.8, 4) is 0 Å². The molecule has 0 bridgehead atoms. The van der Waals surface area contributed by atoms with E-state index >= 15 is 0 Å². The van der Waals surface area contributed by atoms with Gasteiger partial charge in [-0.25, -0.2) is 4.39 Å². The number of benzene rings is 2. The lowest BCUT2D eigenvalue weighted by Gasteiger charge is -2.34. The Labute approximate surface area is 173 Å². The molecule has 4 nitrogen and oxygen atoms in total. The van der Waals surface area contributed by atoms with Crippen LogP contribution in [0.15, 0.2) is 47.5 Å². The molecule has 2 aromatic carbocycles. The number of anilines is 1. The average Bonchev–Trinajstić information content (AvgIpc) is 2.79. The van der Waals surface area contributed by atoms with Crippen LogP contribution in [0.25, 0.3) is 0 Å². The number of halogens is 3. The van der Waals surface area contributed by atoms with Gasteiger partial charge in [0, 0.05) is 22.2 Å². The highest BCUT2D eigenvalue weighted by Gasteiger charge is 2.32. The molecule has 7 heteroatoms. The predicted molar refractivity (Wildman–Crippen MR) is 112 cm³/mol. The third-order valence-corrected chi connectivity index (χ3v) is 5.15. The monoisotopic (exact) mass is 451 g/mol. The largest absolute Gasteiger partial charge is 0.317 e. The molecule has 1 fully saturated rings. The summed E-state index contributed by atoms with van der Waals surface area (Å²) in [6.07, 6.45) is 1.76. The van der Waals surface area contributed by atoms with E-state index in [-0.39, 0.29) is 41.3 Å². The van der Waals surface area contributed by atoms with Crippen LogP contribution in [0.1, 0.15) is 24.0 Å². The SMILES string of the molecule is Br.O=C1CN=C(c2ccccc2F)c2cc(Cl)ccc2N1C1CCNCC1. The second-order valence-electron chi connectivity index (χ2n) is 6.55. The molecular formula is C20H20BrClFN3O. The van der Waals surface area contributed by atoms with Crippen LogP contribution in [0, 0.1) is 5.82 Å². The Kier molecular flexibility index (Phi) is 6.29. The topological polar surface area (TPSA) is 44.7 Å². The first-order valence-corrected chi connectivity index (χ1v) is 9.15. The maximum atomic E-state index is 14.4. The van der Waals surface area contributed by atoms with E-state index in [1.807, 2.05) is 11.0 Å². The second-order valence-corrected chi connectivity index (χ2v) is 6.99. The number of nitrogens with zero attached hydrogens (tertiary/aromatic N) is 2. The molecule has 142 valence electrons. The molecule has 1 saturated heterocycles. The first-order chi connectivity index (χ1) is 12.6. The predicted octanol–water partition coefficient (Wildman–Crippen LogP) is 3.99. The van der Waals surface area contributed by atoms with Crippen molar-refractivity contribution in [2.45, 2.75) is 18.9 Å². The van der Waals surface area contributed by atoms with Crippen LogP contribution in [0.2, 0.25) is 5.02 Å². The number of fused-ring (bicyclic) bond motifs is 1. The Morgan fingerprint density at radius 1 is 1.11 bits per heavy atom. The fourth-order valence-electron chi connectivity index (χ4n) is 3.70. The van der Waals surface area contributed by atoms with Crippen molar-refractivity contribution in [3.63, 3.8) is 0 Å². The smallest absolute Gasteiger partial charge is 0.248 e. The van der Waals surface area contributed by atoms with E-state index in [1.165, 1.54) is 6.07 Å². The van der Waals surface area contributed by atoms with Gasteiger partial charge in [-0.2, -0.15) is 0 Å². The van der Waals surface area contributed by atoms with Gasteiger partial charge in [0.15, 0.2) is 0 Å². The maximum absolute atomic E-state index is 14.4. The lowest BCUT2D eigenvalue weighted by molar-refractivity contribution is -0.117. The number of piperidine rings is 1. The van der Waals surface area contributed by atoms with Crippen molar-refractivity contribution in [2.75, 3.05) is 24.5 Å². The summed E-state index contributed by atoms with van der Waals surface area (Å²) in [6.45, 7) is 1.75. The van der Waals surface area contributed by atoms with E-state index in [2.05, 4.69) is 10.3 Å². The second kappa shape index (κ2) is 8.50. The molecule has 2 heterocycles. The van der Waals surface area contributed by atoms with Crippen molar-refractivity contribution in [1.82, 2.24) is 5.32 Å². The number of benzodiazepines with no additional fused rings is 1. The Bertz CT molecular complexity index is 883. The molecule has 1 amide bonds. The van der Waals surface area contributed by atoms with Gasteiger partial charge in [0.1, 0.15) is 12.4 Å². The van der Waals surface area contributed by atoms with Gasteiger partial charge in [-0.3, -0.25) is 9.79 Å². The minimum Gasteiger partial charge on any atom is -0.317 e. The van der Waals surface area contributed by atoms with E-state index in [0.717, 1.165) is 31.6 Å². The molecule has 0 aromatic heterocycles. The quantitative estimate of drug-likeness (QED) is 0.749. The molecule has 1 N–H and O–H groups in total. The molecule has 0 spiro atoms. The molecule has 0 radical (unpaired) electrons. The number of carbonyl (C=O) groups is 1. The number of nitrogens with one attached hydrogen (secondary N) is 1. The van der Waals surface area contributed by atoms with Gasteiger partial charge in [0.2, 0.25) is 5.91 Å². The van der Waals surface area contributed by atoms with Gasteiger partial charge in [-0.1, -0.05) is 23.7 Å². The normalized spacial score (nSPS) is 17.6. The van der Waals surface area contributed by atoms with Crippen molar-refractivity contribution in [3.05, 3.63) is 64.4 Å². The number of hydrogen-bond acceptors (Lipinski definition) is 3. The molecule has 0 unspecified atom stereocenters. The lowest BCUT2D eigenvalue weighted by atomic mass is 9.97. The Morgan fingerprint density at radius 2 is 1.85 bits per heavy atom. The van der Waals surface area contributed by atoms with Crippen molar-refractivity contribution in [1.29, 1.82) is 0 Å². The van der Waals surface area contributed by atoms with Crippen LogP contribution in [-0.4, -0.2) is 37.3 Å². The fourth-order valence-corrected chi connectivity index (χ4v) is 3.87. The minimum absolute atomic E-state index is 0. The maximum Gasteiger partial charge on any atom is 0.248 e. The molecule has 2 aliphatic rings. The summed E-state index contributed by atoms with van der Waals surface area (Å²) in [5.74, 6) is -0.424. The summed E-state index contributed by atoms with van der Waals surface area (Å²) >= 11 is 6.23. The van der Waals surface area contributed by atoms with Gasteiger partial charge in [0.05, 0.1) is 11.4 Å². The van der Waals surface area contributed by atoms with Crippen molar-refractivity contribution in [2.24, 2.45) is 4.99 Å². The standard InChI is InChI=1S/C20H19ClFN3O.BrH/c21-13-5-6-18-16(11-13)20(15-3-1-2-4-17(15)22)24-12-19(26)25(18)14-7-9-23-10-8-14;/h1-6,11,14,23H,7-10,12H2;1H. The van der Waals surface area contributed by atoms with Gasteiger partial charge in [0.25, 0.3) is 0 Å². The molecule has 2 aromatic rings. The van der Waals surface area contributed by atoms with Gasteiger partial charge in [-0.05, 0) is 56.3 Å².